The van der Waals surface area contributed by atoms with Crippen LogP contribution < -0.4 is 16.6 Å². The lowest BCUT2D eigenvalue weighted by Crippen LogP contribution is -2.22. The van der Waals surface area contributed by atoms with Gasteiger partial charge in [-0.1, -0.05) is 40.5 Å². The Bertz CT molecular complexity index is 397. The zero-order valence-electron chi connectivity index (χ0n) is 12.7. The number of hydrogen-bond donors (Lipinski definition) is 3. The van der Waals surface area contributed by atoms with Gasteiger partial charge in [0.15, 0.2) is 0 Å². The van der Waals surface area contributed by atoms with E-state index < -0.39 is 0 Å². The van der Waals surface area contributed by atoms with Gasteiger partial charge in [0.1, 0.15) is 17.5 Å². The van der Waals surface area contributed by atoms with Gasteiger partial charge in [0.25, 0.3) is 0 Å². The number of hydrogen-bond acceptors (Lipinski definition) is 5. The van der Waals surface area contributed by atoms with Crippen molar-refractivity contribution in [2.45, 2.75) is 65.3 Å². The molecule has 0 aliphatic heterocycles. The molecule has 1 aromatic heterocycles. The summed E-state index contributed by atoms with van der Waals surface area (Å²) in [6.07, 6.45) is 3.56. The normalized spacial score (nSPS) is 13.2. The van der Waals surface area contributed by atoms with Crippen molar-refractivity contribution in [1.82, 2.24) is 9.97 Å². The van der Waals surface area contributed by atoms with Crippen molar-refractivity contribution in [2.24, 2.45) is 5.84 Å². The fourth-order valence-electron chi connectivity index (χ4n) is 1.77. The summed E-state index contributed by atoms with van der Waals surface area (Å²) < 4.78 is 0. The van der Waals surface area contributed by atoms with Gasteiger partial charge in [0.05, 0.1) is 0 Å². The van der Waals surface area contributed by atoms with Crippen molar-refractivity contribution >= 4 is 11.6 Å². The molecule has 0 radical (unpaired) electrons. The Kier molecular flexibility index (Phi) is 5.54. The van der Waals surface area contributed by atoms with Crippen LogP contribution in [0.5, 0.6) is 0 Å². The first-order chi connectivity index (χ1) is 8.86. The lowest BCUT2D eigenvalue weighted by atomic mass is 9.96. The molecule has 1 atom stereocenters. The summed E-state index contributed by atoms with van der Waals surface area (Å²) in [5.74, 6) is 7.73. The molecule has 0 amide bonds. The van der Waals surface area contributed by atoms with Crippen LogP contribution in [0.2, 0.25) is 0 Å². The topological polar surface area (TPSA) is 75.9 Å². The van der Waals surface area contributed by atoms with E-state index in [4.69, 9.17) is 5.84 Å². The van der Waals surface area contributed by atoms with E-state index in [2.05, 4.69) is 55.3 Å². The highest BCUT2D eigenvalue weighted by molar-refractivity contribution is 5.47. The molecule has 1 unspecified atom stereocenters. The molecule has 1 rings (SSSR count). The summed E-state index contributed by atoms with van der Waals surface area (Å²) in [5.41, 5.74) is 2.50. The van der Waals surface area contributed by atoms with Crippen molar-refractivity contribution in [1.29, 1.82) is 0 Å². The first kappa shape index (κ1) is 15.7. The predicted molar refractivity (Wildman–Crippen MR) is 81.2 cm³/mol. The Labute approximate surface area is 116 Å². The fraction of sp³-hybridized carbons (Fsp3) is 0.714. The highest BCUT2D eigenvalue weighted by atomic mass is 15.3. The van der Waals surface area contributed by atoms with E-state index in [1.54, 1.807) is 0 Å². The molecule has 0 bridgehead atoms. The third kappa shape index (κ3) is 5.03. The van der Waals surface area contributed by atoms with Crippen LogP contribution in [-0.4, -0.2) is 16.0 Å². The monoisotopic (exact) mass is 265 g/mol. The molecule has 0 saturated carbocycles. The molecule has 108 valence electrons. The maximum atomic E-state index is 5.47. The summed E-state index contributed by atoms with van der Waals surface area (Å²) in [6.45, 7) is 10.6. The molecule has 5 nitrogen and oxygen atoms in total. The minimum atomic E-state index is -0.101. The van der Waals surface area contributed by atoms with Crippen LogP contribution in [0.25, 0.3) is 0 Å². The number of nitrogens with two attached hydrogens (primary N) is 1. The molecule has 0 fully saturated rings. The first-order valence-corrected chi connectivity index (χ1v) is 6.99. The zero-order chi connectivity index (χ0) is 14.5. The third-order valence-corrected chi connectivity index (χ3v) is 2.93. The van der Waals surface area contributed by atoms with Gasteiger partial charge in [-0.05, 0) is 13.3 Å². The average Bonchev–Trinajstić information content (AvgIpc) is 2.34. The van der Waals surface area contributed by atoms with E-state index in [9.17, 15) is 0 Å². The molecule has 1 heterocycles. The van der Waals surface area contributed by atoms with Crippen molar-refractivity contribution in [3.8, 4) is 0 Å². The van der Waals surface area contributed by atoms with Crippen molar-refractivity contribution in [3.05, 3.63) is 11.9 Å². The standard InChI is InChI=1S/C14H27N5/c1-6-7-8-10(2)16-11-9-12(19-15)18-13(17-11)14(3,4)5/h9-10H,6-8,15H2,1-5H3,(H2,16,17,18,19). The lowest BCUT2D eigenvalue weighted by molar-refractivity contribution is 0.545. The summed E-state index contributed by atoms with van der Waals surface area (Å²) in [6, 6.07) is 2.24. The van der Waals surface area contributed by atoms with E-state index in [1.807, 2.05) is 6.07 Å². The summed E-state index contributed by atoms with van der Waals surface area (Å²) >= 11 is 0. The Hall–Kier alpha value is -1.36. The number of rotatable bonds is 6. The largest absolute Gasteiger partial charge is 0.367 e. The van der Waals surface area contributed by atoms with Crippen LogP contribution in [0.3, 0.4) is 0 Å². The number of anilines is 2. The quantitative estimate of drug-likeness (QED) is 0.544. The Morgan fingerprint density at radius 3 is 2.42 bits per heavy atom. The van der Waals surface area contributed by atoms with E-state index in [0.717, 1.165) is 18.1 Å². The highest BCUT2D eigenvalue weighted by Crippen LogP contribution is 2.22. The molecular formula is C14H27N5. The van der Waals surface area contributed by atoms with Gasteiger partial charge in [-0.3, -0.25) is 0 Å². The molecule has 19 heavy (non-hydrogen) atoms. The van der Waals surface area contributed by atoms with Gasteiger partial charge in [-0.25, -0.2) is 15.8 Å². The number of nitrogens with one attached hydrogen (secondary N) is 2. The molecule has 0 aliphatic carbocycles. The minimum Gasteiger partial charge on any atom is -0.367 e. The lowest BCUT2D eigenvalue weighted by Gasteiger charge is -2.20. The second kappa shape index (κ2) is 6.70. The SMILES string of the molecule is CCCCC(C)Nc1cc(NN)nc(C(C)(C)C)n1. The molecule has 5 heteroatoms. The summed E-state index contributed by atoms with van der Waals surface area (Å²) in [5, 5.41) is 3.42. The second-order valence-corrected chi connectivity index (χ2v) is 6.04. The van der Waals surface area contributed by atoms with Gasteiger partial charge in [0.2, 0.25) is 0 Å². The molecule has 4 N–H and O–H groups in total. The fourth-order valence-corrected chi connectivity index (χ4v) is 1.77. The zero-order valence-corrected chi connectivity index (χ0v) is 12.7. The molecule has 0 saturated heterocycles. The molecule has 0 aromatic carbocycles. The third-order valence-electron chi connectivity index (χ3n) is 2.93. The Morgan fingerprint density at radius 1 is 1.26 bits per heavy atom. The second-order valence-electron chi connectivity index (χ2n) is 6.04. The smallest absolute Gasteiger partial charge is 0.145 e. The number of unbranched alkanes of at least 4 members (excludes halogenated alkanes) is 1. The van der Waals surface area contributed by atoms with E-state index in [0.29, 0.717) is 11.9 Å². The van der Waals surface area contributed by atoms with Crippen LogP contribution in [0.4, 0.5) is 11.6 Å². The Morgan fingerprint density at radius 2 is 1.89 bits per heavy atom. The van der Waals surface area contributed by atoms with E-state index >= 15 is 0 Å². The van der Waals surface area contributed by atoms with Gasteiger partial charge in [-0.2, -0.15) is 0 Å². The minimum absolute atomic E-state index is 0.101. The summed E-state index contributed by atoms with van der Waals surface area (Å²) in [7, 11) is 0. The van der Waals surface area contributed by atoms with Crippen molar-refractivity contribution in [2.75, 3.05) is 10.7 Å². The van der Waals surface area contributed by atoms with Gasteiger partial charge in [-0.15, -0.1) is 0 Å². The predicted octanol–water partition coefficient (Wildman–Crippen LogP) is 3.05. The van der Waals surface area contributed by atoms with Crippen molar-refractivity contribution in [3.63, 3.8) is 0 Å². The maximum absolute atomic E-state index is 5.47. The van der Waals surface area contributed by atoms with Crippen LogP contribution in [-0.2, 0) is 5.41 Å². The average molecular weight is 265 g/mol. The van der Waals surface area contributed by atoms with Crippen LogP contribution in [0.1, 0.15) is 59.7 Å². The number of hydrazine groups is 1. The van der Waals surface area contributed by atoms with Gasteiger partial charge < -0.3 is 10.7 Å². The first-order valence-electron chi connectivity index (χ1n) is 6.99. The molecule has 1 aromatic rings. The molecule has 0 aliphatic rings. The van der Waals surface area contributed by atoms with Gasteiger partial charge >= 0.3 is 0 Å². The number of nitrogen functional groups attached to an aromatic ring is 1. The number of nitrogens with zero attached hydrogens (tertiary/aromatic N) is 2. The molecule has 0 spiro atoms. The van der Waals surface area contributed by atoms with E-state index in [1.165, 1.54) is 12.8 Å². The maximum Gasteiger partial charge on any atom is 0.145 e. The van der Waals surface area contributed by atoms with Crippen LogP contribution >= 0.6 is 0 Å². The van der Waals surface area contributed by atoms with Crippen LogP contribution in [0.15, 0.2) is 6.07 Å². The Balaban J connectivity index is 2.88. The molecular weight excluding hydrogens is 238 g/mol. The van der Waals surface area contributed by atoms with Crippen LogP contribution in [0, 0.1) is 0 Å². The summed E-state index contributed by atoms with van der Waals surface area (Å²) in [4.78, 5) is 8.99. The highest BCUT2D eigenvalue weighted by Gasteiger charge is 2.19. The van der Waals surface area contributed by atoms with Crippen molar-refractivity contribution < 1.29 is 0 Å². The number of aromatic nitrogens is 2. The van der Waals surface area contributed by atoms with Gasteiger partial charge in [0, 0.05) is 17.5 Å². The van der Waals surface area contributed by atoms with E-state index in [-0.39, 0.29) is 5.41 Å².